The van der Waals surface area contributed by atoms with Gasteiger partial charge in [0.2, 0.25) is 0 Å². The number of benzene rings is 3. The highest BCUT2D eigenvalue weighted by molar-refractivity contribution is 5.91. The lowest BCUT2D eigenvalue weighted by atomic mass is 10.0. The van der Waals surface area contributed by atoms with Gasteiger partial charge in [0.25, 0.3) is 0 Å². The number of carbonyl (C=O) groups excluding carboxylic acids is 1. The summed E-state index contributed by atoms with van der Waals surface area (Å²) in [5, 5.41) is 14.9. The predicted molar refractivity (Wildman–Crippen MR) is 104 cm³/mol. The third kappa shape index (κ3) is 4.63. The third-order valence-electron chi connectivity index (χ3n) is 4.02. The van der Waals surface area contributed by atoms with Gasteiger partial charge < -0.3 is 15.2 Å². The maximum absolute atomic E-state index is 11.7. The molecule has 0 fully saturated rings. The van der Waals surface area contributed by atoms with Crippen LogP contribution in [0.1, 0.15) is 17.5 Å². The Morgan fingerprint density at radius 2 is 1.77 bits per heavy atom. The van der Waals surface area contributed by atoms with E-state index < -0.39 is 6.09 Å². The number of carbonyl (C=O) groups is 1. The second-order valence-corrected chi connectivity index (χ2v) is 5.90. The summed E-state index contributed by atoms with van der Waals surface area (Å²) >= 11 is 0. The Kier molecular flexibility index (Phi) is 5.88. The Labute approximate surface area is 152 Å². The van der Waals surface area contributed by atoms with Crippen molar-refractivity contribution in [2.24, 2.45) is 0 Å². The average Bonchev–Trinajstić information content (AvgIpc) is 2.69. The molecule has 132 valence electrons. The van der Waals surface area contributed by atoms with E-state index in [1.54, 1.807) is 0 Å². The average molecular weight is 347 g/mol. The summed E-state index contributed by atoms with van der Waals surface area (Å²) in [5.41, 5.74) is 1.71. The number of rotatable bonds is 6. The largest absolute Gasteiger partial charge is 0.507 e. The zero-order chi connectivity index (χ0) is 18.2. The van der Waals surface area contributed by atoms with Crippen LogP contribution in [0.25, 0.3) is 16.8 Å². The zero-order valence-corrected chi connectivity index (χ0v) is 14.4. The fourth-order valence-electron chi connectivity index (χ4n) is 2.65. The molecule has 3 aromatic carbocycles. The zero-order valence-electron chi connectivity index (χ0n) is 14.4. The molecule has 0 heterocycles. The minimum Gasteiger partial charge on any atom is -0.507 e. The highest BCUT2D eigenvalue weighted by atomic mass is 16.5. The van der Waals surface area contributed by atoms with Crippen LogP contribution in [0.2, 0.25) is 0 Å². The van der Waals surface area contributed by atoms with Crippen LogP contribution in [-0.2, 0) is 11.3 Å². The van der Waals surface area contributed by atoms with Crippen molar-refractivity contribution in [2.75, 3.05) is 6.54 Å². The number of phenolic OH excluding ortho intramolecular Hbond substituents is 1. The van der Waals surface area contributed by atoms with Crippen LogP contribution in [0.4, 0.5) is 4.79 Å². The van der Waals surface area contributed by atoms with Crippen LogP contribution in [-0.4, -0.2) is 17.7 Å². The van der Waals surface area contributed by atoms with E-state index in [1.807, 2.05) is 78.9 Å². The number of alkyl carbamates (subject to hydrolysis) is 1. The first-order valence-corrected chi connectivity index (χ1v) is 8.56. The van der Waals surface area contributed by atoms with Crippen molar-refractivity contribution in [1.82, 2.24) is 5.32 Å². The second-order valence-electron chi connectivity index (χ2n) is 5.90. The molecule has 4 heteroatoms. The molecular weight excluding hydrogens is 326 g/mol. The lowest BCUT2D eigenvalue weighted by molar-refractivity contribution is 0.140. The van der Waals surface area contributed by atoms with E-state index in [1.165, 1.54) is 0 Å². The van der Waals surface area contributed by atoms with Crippen LogP contribution in [0.5, 0.6) is 5.75 Å². The normalized spacial score (nSPS) is 10.9. The summed E-state index contributed by atoms with van der Waals surface area (Å²) in [4.78, 5) is 11.7. The molecule has 3 rings (SSSR count). The van der Waals surface area contributed by atoms with Crippen molar-refractivity contribution < 1.29 is 14.6 Å². The molecule has 0 aliphatic heterocycles. The highest BCUT2D eigenvalue weighted by Crippen LogP contribution is 2.29. The summed E-state index contributed by atoms with van der Waals surface area (Å²) in [6.07, 6.45) is 3.99. The Balaban J connectivity index is 1.44. The maximum Gasteiger partial charge on any atom is 0.407 e. The maximum atomic E-state index is 11.7. The first-order valence-electron chi connectivity index (χ1n) is 8.56. The first kappa shape index (κ1) is 17.5. The molecule has 0 radical (unpaired) electrons. The van der Waals surface area contributed by atoms with E-state index in [-0.39, 0.29) is 12.4 Å². The summed E-state index contributed by atoms with van der Waals surface area (Å²) in [6, 6.07) is 21.1. The van der Waals surface area contributed by atoms with Gasteiger partial charge in [0.05, 0.1) is 0 Å². The molecule has 0 saturated carbocycles. The molecule has 3 aromatic rings. The number of nitrogens with one attached hydrogen (secondary N) is 1. The van der Waals surface area contributed by atoms with Gasteiger partial charge in [0.1, 0.15) is 12.4 Å². The minimum absolute atomic E-state index is 0.257. The molecule has 0 aliphatic carbocycles. The molecule has 0 aliphatic rings. The second kappa shape index (κ2) is 8.72. The van der Waals surface area contributed by atoms with E-state index >= 15 is 0 Å². The lowest BCUT2D eigenvalue weighted by Crippen LogP contribution is -2.24. The Hall–Kier alpha value is -3.27. The van der Waals surface area contributed by atoms with E-state index in [9.17, 15) is 9.90 Å². The van der Waals surface area contributed by atoms with Gasteiger partial charge in [-0.15, -0.1) is 0 Å². The van der Waals surface area contributed by atoms with Gasteiger partial charge in [-0.25, -0.2) is 4.79 Å². The quantitative estimate of drug-likeness (QED) is 0.625. The third-order valence-corrected chi connectivity index (χ3v) is 4.02. The SMILES string of the molecule is O=C(NCCC=Cc1ccc2ccccc2c1O)OCc1ccccc1. The summed E-state index contributed by atoms with van der Waals surface area (Å²) < 4.78 is 5.15. The molecular formula is C22H21NO3. The Bertz CT molecular complexity index is 904. The van der Waals surface area contributed by atoms with Gasteiger partial charge in [0, 0.05) is 17.5 Å². The number of ether oxygens (including phenoxy) is 1. The number of fused-ring (bicyclic) bond motifs is 1. The van der Waals surface area contributed by atoms with Gasteiger partial charge >= 0.3 is 6.09 Å². The number of hydrogen-bond acceptors (Lipinski definition) is 3. The smallest absolute Gasteiger partial charge is 0.407 e. The topological polar surface area (TPSA) is 58.6 Å². The number of aromatic hydroxyl groups is 1. The van der Waals surface area contributed by atoms with Crippen molar-refractivity contribution in [3.8, 4) is 5.75 Å². The molecule has 4 nitrogen and oxygen atoms in total. The van der Waals surface area contributed by atoms with Crippen molar-refractivity contribution >= 4 is 22.9 Å². The van der Waals surface area contributed by atoms with Gasteiger partial charge in [-0.2, -0.15) is 0 Å². The van der Waals surface area contributed by atoms with Crippen LogP contribution < -0.4 is 5.32 Å². The molecule has 0 aromatic heterocycles. The molecule has 0 atom stereocenters. The number of hydrogen-bond donors (Lipinski definition) is 2. The first-order chi connectivity index (χ1) is 12.7. The molecule has 26 heavy (non-hydrogen) atoms. The van der Waals surface area contributed by atoms with Crippen LogP contribution >= 0.6 is 0 Å². The fraction of sp³-hybridized carbons (Fsp3) is 0.136. The van der Waals surface area contributed by atoms with E-state index in [2.05, 4.69) is 5.32 Å². The molecule has 2 N–H and O–H groups in total. The van der Waals surface area contributed by atoms with Gasteiger partial charge in [-0.05, 0) is 17.4 Å². The highest BCUT2D eigenvalue weighted by Gasteiger charge is 2.03. The molecule has 0 saturated heterocycles. The van der Waals surface area contributed by atoms with Crippen LogP contribution in [0.15, 0.2) is 72.8 Å². The van der Waals surface area contributed by atoms with Gasteiger partial charge in [0.15, 0.2) is 0 Å². The molecule has 0 bridgehead atoms. The Morgan fingerprint density at radius 1 is 1.00 bits per heavy atom. The fourth-order valence-corrected chi connectivity index (χ4v) is 2.65. The summed E-state index contributed by atoms with van der Waals surface area (Å²) in [6.45, 7) is 0.728. The van der Waals surface area contributed by atoms with E-state index in [0.29, 0.717) is 13.0 Å². The van der Waals surface area contributed by atoms with Crippen molar-refractivity contribution in [3.05, 3.63) is 83.9 Å². The lowest BCUT2D eigenvalue weighted by Gasteiger charge is -2.06. The molecule has 0 spiro atoms. The monoisotopic (exact) mass is 347 g/mol. The number of amides is 1. The minimum atomic E-state index is -0.434. The summed E-state index contributed by atoms with van der Waals surface area (Å²) in [5.74, 6) is 0.273. The van der Waals surface area contributed by atoms with E-state index in [0.717, 1.165) is 21.9 Å². The van der Waals surface area contributed by atoms with Crippen molar-refractivity contribution in [2.45, 2.75) is 13.0 Å². The van der Waals surface area contributed by atoms with Crippen molar-refractivity contribution in [3.63, 3.8) is 0 Å². The van der Waals surface area contributed by atoms with Gasteiger partial charge in [-0.3, -0.25) is 0 Å². The van der Waals surface area contributed by atoms with Gasteiger partial charge in [-0.1, -0.05) is 78.9 Å². The van der Waals surface area contributed by atoms with Crippen molar-refractivity contribution in [1.29, 1.82) is 0 Å². The standard InChI is InChI=1S/C22H21NO3/c24-21-19(14-13-18-10-4-5-12-20(18)21)11-6-7-15-23-22(25)26-16-17-8-2-1-3-9-17/h1-6,8-14,24H,7,15-16H2,(H,23,25). The predicted octanol–water partition coefficient (Wildman–Crippen LogP) is 4.88. The number of phenols is 1. The summed E-state index contributed by atoms with van der Waals surface area (Å²) in [7, 11) is 0. The van der Waals surface area contributed by atoms with E-state index in [4.69, 9.17) is 4.74 Å². The Morgan fingerprint density at radius 3 is 2.62 bits per heavy atom. The van der Waals surface area contributed by atoms with Crippen LogP contribution in [0.3, 0.4) is 0 Å². The molecule has 0 unspecified atom stereocenters. The van der Waals surface area contributed by atoms with Crippen LogP contribution in [0, 0.1) is 0 Å². The molecule has 1 amide bonds.